The molecule has 1 heterocycles. The van der Waals surface area contributed by atoms with Crippen molar-refractivity contribution in [1.29, 1.82) is 0 Å². The van der Waals surface area contributed by atoms with E-state index in [1.54, 1.807) is 48.5 Å². The van der Waals surface area contributed by atoms with Crippen molar-refractivity contribution >= 4 is 23.3 Å². The third-order valence-corrected chi connectivity index (χ3v) is 3.93. The first kappa shape index (κ1) is 18.9. The molecular weight excluding hydrogens is 362 g/mol. The predicted molar refractivity (Wildman–Crippen MR) is 99.1 cm³/mol. The first-order valence-corrected chi connectivity index (χ1v) is 8.41. The maximum Gasteiger partial charge on any atom is 0.338 e. The molecule has 0 saturated carbocycles. The van der Waals surface area contributed by atoms with E-state index in [1.807, 2.05) is 0 Å². The number of ketones is 1. The molecule has 0 fully saturated rings. The van der Waals surface area contributed by atoms with E-state index in [1.165, 1.54) is 24.9 Å². The number of hydrogen-bond donors (Lipinski definition) is 1. The normalized spacial score (nSPS) is 11.5. The van der Waals surface area contributed by atoms with Gasteiger partial charge in [-0.2, -0.15) is 0 Å². The molecule has 0 aliphatic heterocycles. The van der Waals surface area contributed by atoms with E-state index in [0.717, 1.165) is 0 Å². The number of ether oxygens (including phenoxy) is 1. The van der Waals surface area contributed by atoms with Crippen molar-refractivity contribution < 1.29 is 19.1 Å². The second kappa shape index (κ2) is 8.21. The van der Waals surface area contributed by atoms with E-state index in [2.05, 4.69) is 20.8 Å². The molecule has 0 aliphatic rings. The average molecular weight is 379 g/mol. The zero-order chi connectivity index (χ0) is 20.1. The van der Waals surface area contributed by atoms with Crippen LogP contribution >= 0.6 is 0 Å². The number of carbonyl (C=O) groups excluding carboxylic acids is 3. The van der Waals surface area contributed by atoms with Crippen LogP contribution in [-0.2, 0) is 9.53 Å². The van der Waals surface area contributed by atoms with Gasteiger partial charge in [-0.3, -0.25) is 9.59 Å². The summed E-state index contributed by atoms with van der Waals surface area (Å²) in [6.45, 7) is 2.87. The third-order valence-electron chi connectivity index (χ3n) is 3.93. The summed E-state index contributed by atoms with van der Waals surface area (Å²) in [5.74, 6) is -1.36. The molecule has 0 saturated heterocycles. The Kier molecular flexibility index (Phi) is 5.54. The zero-order valence-electron chi connectivity index (χ0n) is 15.2. The first-order chi connectivity index (χ1) is 13.5. The number of tetrazole rings is 1. The maximum absolute atomic E-state index is 12.3. The molecule has 0 bridgehead atoms. The van der Waals surface area contributed by atoms with Gasteiger partial charge in [-0.05, 0) is 60.7 Å². The van der Waals surface area contributed by atoms with Gasteiger partial charge < -0.3 is 10.1 Å². The highest BCUT2D eigenvalue weighted by molar-refractivity contribution is 6.05. The van der Waals surface area contributed by atoms with E-state index in [9.17, 15) is 14.4 Å². The summed E-state index contributed by atoms with van der Waals surface area (Å²) in [4.78, 5) is 36.3. The Labute approximate surface area is 160 Å². The number of hydrogen-bond acceptors (Lipinski definition) is 7. The molecule has 9 heteroatoms. The van der Waals surface area contributed by atoms with Crippen LogP contribution in [0.2, 0.25) is 0 Å². The molecule has 0 unspecified atom stereocenters. The SMILES string of the molecule is CC(=O)c1ccccc1NC(=O)[C@@H](C)OC(=O)c1ccc(-n2cnnn2)cc1. The van der Waals surface area contributed by atoms with Crippen molar-refractivity contribution in [3.8, 4) is 5.69 Å². The van der Waals surface area contributed by atoms with Gasteiger partial charge in [0.05, 0.1) is 16.9 Å². The largest absolute Gasteiger partial charge is 0.449 e. The molecule has 2 aromatic carbocycles. The Morgan fingerprint density at radius 1 is 1.07 bits per heavy atom. The lowest BCUT2D eigenvalue weighted by molar-refractivity contribution is -0.123. The molecule has 3 aromatic rings. The Hall–Kier alpha value is -3.88. The first-order valence-electron chi connectivity index (χ1n) is 8.41. The molecule has 9 nitrogen and oxygen atoms in total. The van der Waals surface area contributed by atoms with Gasteiger partial charge in [-0.15, -0.1) is 5.10 Å². The van der Waals surface area contributed by atoms with Crippen molar-refractivity contribution in [3.05, 3.63) is 66.0 Å². The number of anilines is 1. The highest BCUT2D eigenvalue weighted by Gasteiger charge is 2.20. The van der Waals surface area contributed by atoms with Crippen molar-refractivity contribution in [2.45, 2.75) is 20.0 Å². The second-order valence-electron chi connectivity index (χ2n) is 5.94. The van der Waals surface area contributed by atoms with Gasteiger partial charge in [0.15, 0.2) is 11.9 Å². The Bertz CT molecular complexity index is 999. The fourth-order valence-corrected chi connectivity index (χ4v) is 2.45. The Morgan fingerprint density at radius 3 is 2.43 bits per heavy atom. The fraction of sp³-hybridized carbons (Fsp3) is 0.158. The van der Waals surface area contributed by atoms with Gasteiger partial charge in [0.1, 0.15) is 6.33 Å². The van der Waals surface area contributed by atoms with Crippen LogP contribution in [0.3, 0.4) is 0 Å². The lowest BCUT2D eigenvalue weighted by Gasteiger charge is -2.15. The number of carbonyl (C=O) groups is 3. The van der Waals surface area contributed by atoms with Crippen molar-refractivity contribution in [2.24, 2.45) is 0 Å². The summed E-state index contributed by atoms with van der Waals surface area (Å²) >= 11 is 0. The van der Waals surface area contributed by atoms with E-state index < -0.39 is 18.0 Å². The molecule has 0 aliphatic carbocycles. The van der Waals surface area contributed by atoms with Crippen LogP contribution in [0.5, 0.6) is 0 Å². The van der Waals surface area contributed by atoms with E-state index in [-0.39, 0.29) is 11.3 Å². The number of nitrogens with zero attached hydrogens (tertiary/aromatic N) is 4. The summed E-state index contributed by atoms with van der Waals surface area (Å²) in [6, 6.07) is 13.0. The lowest BCUT2D eigenvalue weighted by atomic mass is 10.1. The molecule has 0 radical (unpaired) electrons. The van der Waals surface area contributed by atoms with Crippen LogP contribution in [0.4, 0.5) is 5.69 Å². The minimum absolute atomic E-state index is 0.178. The summed E-state index contributed by atoms with van der Waals surface area (Å²) < 4.78 is 6.66. The van der Waals surface area contributed by atoms with E-state index in [0.29, 0.717) is 16.9 Å². The Balaban J connectivity index is 1.64. The molecular formula is C19H17N5O4. The number of rotatable bonds is 6. The van der Waals surface area contributed by atoms with Crippen molar-refractivity contribution in [1.82, 2.24) is 20.2 Å². The van der Waals surface area contributed by atoms with Gasteiger partial charge in [0.25, 0.3) is 5.91 Å². The standard InChI is InChI=1S/C19H17N5O4/c1-12(25)16-5-3-4-6-17(16)21-18(26)13(2)28-19(27)14-7-9-15(10-8-14)24-11-20-22-23-24/h3-11,13H,1-2H3,(H,21,26)/t13-/m1/s1. The molecule has 1 N–H and O–H groups in total. The minimum atomic E-state index is -1.05. The molecule has 1 aromatic heterocycles. The molecule has 28 heavy (non-hydrogen) atoms. The zero-order valence-corrected chi connectivity index (χ0v) is 15.2. The summed E-state index contributed by atoms with van der Waals surface area (Å²) in [5, 5.41) is 13.5. The van der Waals surface area contributed by atoms with Gasteiger partial charge in [0.2, 0.25) is 0 Å². The molecule has 1 amide bonds. The highest BCUT2D eigenvalue weighted by Crippen LogP contribution is 2.16. The number of benzene rings is 2. The van der Waals surface area contributed by atoms with Crippen LogP contribution in [0.15, 0.2) is 54.9 Å². The number of aromatic nitrogens is 4. The molecule has 142 valence electrons. The third kappa shape index (κ3) is 4.26. The van der Waals surface area contributed by atoms with Crippen LogP contribution in [0.25, 0.3) is 5.69 Å². The number of para-hydroxylation sites is 1. The number of Topliss-reactive ketones (excluding diaryl/α,β-unsaturated/α-hetero) is 1. The topological polar surface area (TPSA) is 116 Å². The van der Waals surface area contributed by atoms with Crippen LogP contribution in [0, 0.1) is 0 Å². The van der Waals surface area contributed by atoms with Crippen LogP contribution < -0.4 is 5.32 Å². The molecule has 3 rings (SSSR count). The van der Waals surface area contributed by atoms with E-state index in [4.69, 9.17) is 4.74 Å². The number of esters is 1. The van der Waals surface area contributed by atoms with Gasteiger partial charge in [-0.1, -0.05) is 12.1 Å². The number of amides is 1. The van der Waals surface area contributed by atoms with Gasteiger partial charge >= 0.3 is 5.97 Å². The van der Waals surface area contributed by atoms with Crippen molar-refractivity contribution in [2.75, 3.05) is 5.32 Å². The van der Waals surface area contributed by atoms with Gasteiger partial charge in [-0.25, -0.2) is 9.48 Å². The summed E-state index contributed by atoms with van der Waals surface area (Å²) in [7, 11) is 0. The minimum Gasteiger partial charge on any atom is -0.449 e. The Morgan fingerprint density at radius 2 is 1.79 bits per heavy atom. The summed E-state index contributed by atoms with van der Waals surface area (Å²) in [6.07, 6.45) is 0.380. The van der Waals surface area contributed by atoms with Crippen molar-refractivity contribution in [3.63, 3.8) is 0 Å². The monoisotopic (exact) mass is 379 g/mol. The molecule has 0 spiro atoms. The van der Waals surface area contributed by atoms with Crippen LogP contribution in [0.1, 0.15) is 34.6 Å². The fourth-order valence-electron chi connectivity index (χ4n) is 2.45. The van der Waals surface area contributed by atoms with Gasteiger partial charge in [0, 0.05) is 5.56 Å². The quantitative estimate of drug-likeness (QED) is 0.515. The average Bonchev–Trinajstić information content (AvgIpc) is 3.23. The number of nitrogens with one attached hydrogen (secondary N) is 1. The smallest absolute Gasteiger partial charge is 0.338 e. The van der Waals surface area contributed by atoms with E-state index >= 15 is 0 Å². The predicted octanol–water partition coefficient (Wildman–Crippen LogP) is 2.05. The maximum atomic E-state index is 12.3. The summed E-state index contributed by atoms with van der Waals surface area (Å²) in [5.41, 5.74) is 1.70. The lowest BCUT2D eigenvalue weighted by Crippen LogP contribution is -2.30. The highest BCUT2D eigenvalue weighted by atomic mass is 16.5. The second-order valence-corrected chi connectivity index (χ2v) is 5.94. The van der Waals surface area contributed by atoms with Crippen LogP contribution in [-0.4, -0.2) is 44.0 Å². The molecule has 1 atom stereocenters.